The molecular formula is C11H7ClF6N4OS. The van der Waals surface area contributed by atoms with Crippen LogP contribution in [0.4, 0.5) is 31.5 Å². The molecule has 13 heteroatoms. The first-order valence-corrected chi connectivity index (χ1v) is 7.27. The van der Waals surface area contributed by atoms with E-state index in [1.807, 2.05) is 0 Å². The summed E-state index contributed by atoms with van der Waals surface area (Å²) in [6, 6.07) is 0.664. The molecule has 24 heavy (non-hydrogen) atoms. The lowest BCUT2D eigenvalue weighted by Crippen LogP contribution is -2.13. The molecule has 0 aliphatic carbocycles. The van der Waals surface area contributed by atoms with Gasteiger partial charge in [0.1, 0.15) is 11.6 Å². The topological polar surface area (TPSA) is 59.9 Å². The highest BCUT2D eigenvalue weighted by atomic mass is 35.5. The Balaban J connectivity index is 1.85. The predicted molar refractivity (Wildman–Crippen MR) is 73.1 cm³/mol. The minimum absolute atomic E-state index is 0.0194. The number of hydrogen-bond donors (Lipinski definition) is 1. The summed E-state index contributed by atoms with van der Waals surface area (Å²) in [4.78, 5) is 3.45. The average molecular weight is 393 g/mol. The first-order chi connectivity index (χ1) is 11.1. The van der Waals surface area contributed by atoms with Crippen LogP contribution in [0.25, 0.3) is 0 Å². The van der Waals surface area contributed by atoms with Crippen LogP contribution in [-0.4, -0.2) is 28.3 Å². The molecule has 5 nitrogen and oxygen atoms in total. The van der Waals surface area contributed by atoms with Gasteiger partial charge in [0.25, 0.3) is 0 Å². The molecule has 0 bridgehead atoms. The molecule has 0 saturated carbocycles. The Hall–Kier alpha value is -1.82. The van der Waals surface area contributed by atoms with E-state index in [2.05, 4.69) is 20.5 Å². The largest absolute Gasteiger partial charge is 0.475 e. The normalized spacial score (nSPS) is 12.3. The summed E-state index contributed by atoms with van der Waals surface area (Å²) in [6.07, 6.45) is -8.59. The molecule has 0 aliphatic heterocycles. The standard InChI is InChI=1S/C11H7ClF6N4OS/c12-6-3-5(10(13,14)15)4-20-7(6)23-2-1-19-9-22-21-8(24-9)11(16,17)18/h3-4H,1-2H2,(H,19,22). The first-order valence-electron chi connectivity index (χ1n) is 6.07. The number of aromatic nitrogens is 3. The lowest BCUT2D eigenvalue weighted by atomic mass is 10.3. The molecule has 132 valence electrons. The fourth-order valence-electron chi connectivity index (χ4n) is 1.40. The molecule has 0 atom stereocenters. The van der Waals surface area contributed by atoms with Gasteiger partial charge in [-0.05, 0) is 6.07 Å². The van der Waals surface area contributed by atoms with Gasteiger partial charge >= 0.3 is 12.4 Å². The second-order valence-electron chi connectivity index (χ2n) is 4.19. The van der Waals surface area contributed by atoms with Crippen molar-refractivity contribution in [1.29, 1.82) is 0 Å². The van der Waals surface area contributed by atoms with E-state index in [1.54, 1.807) is 0 Å². The van der Waals surface area contributed by atoms with Crippen LogP contribution in [0.5, 0.6) is 5.88 Å². The van der Waals surface area contributed by atoms with Crippen molar-refractivity contribution in [3.63, 3.8) is 0 Å². The Morgan fingerprint density at radius 2 is 1.83 bits per heavy atom. The van der Waals surface area contributed by atoms with E-state index >= 15 is 0 Å². The molecule has 2 aromatic rings. The minimum Gasteiger partial charge on any atom is -0.475 e. The summed E-state index contributed by atoms with van der Waals surface area (Å²) in [7, 11) is 0. The number of rotatable bonds is 5. The molecule has 1 N–H and O–H groups in total. The number of nitrogens with one attached hydrogen (secondary N) is 1. The molecule has 0 amide bonds. The molecule has 0 radical (unpaired) electrons. The van der Waals surface area contributed by atoms with Gasteiger partial charge in [0.05, 0.1) is 12.1 Å². The van der Waals surface area contributed by atoms with Crippen LogP contribution < -0.4 is 10.1 Å². The van der Waals surface area contributed by atoms with Crippen LogP contribution in [0.15, 0.2) is 12.3 Å². The molecule has 0 unspecified atom stereocenters. The SMILES string of the molecule is FC(F)(F)c1cnc(OCCNc2nnc(C(F)(F)F)s2)c(Cl)c1. The number of hydrogen-bond acceptors (Lipinski definition) is 6. The van der Waals surface area contributed by atoms with Crippen LogP contribution in [0.1, 0.15) is 10.6 Å². The van der Waals surface area contributed by atoms with E-state index in [0.29, 0.717) is 23.6 Å². The second kappa shape index (κ2) is 6.97. The van der Waals surface area contributed by atoms with E-state index in [0.717, 1.165) is 0 Å². The lowest BCUT2D eigenvalue weighted by Gasteiger charge is -2.10. The summed E-state index contributed by atoms with van der Waals surface area (Å²) in [5, 5.41) is 7.30. The van der Waals surface area contributed by atoms with E-state index in [1.165, 1.54) is 0 Å². The Morgan fingerprint density at radius 3 is 2.38 bits per heavy atom. The third kappa shape index (κ3) is 4.84. The summed E-state index contributed by atoms with van der Waals surface area (Å²) in [6.45, 7) is -0.0927. The Kier molecular flexibility index (Phi) is 5.38. The summed E-state index contributed by atoms with van der Waals surface area (Å²) >= 11 is 5.95. The number of pyridine rings is 1. The number of halogens is 7. The van der Waals surface area contributed by atoms with E-state index in [9.17, 15) is 26.3 Å². The van der Waals surface area contributed by atoms with Crippen molar-refractivity contribution in [1.82, 2.24) is 15.2 Å². The summed E-state index contributed by atoms with van der Waals surface area (Å²) < 4.78 is 79.3. The second-order valence-corrected chi connectivity index (χ2v) is 5.58. The summed E-state index contributed by atoms with van der Waals surface area (Å²) in [5.41, 5.74) is -1.02. The fraction of sp³-hybridized carbons (Fsp3) is 0.364. The van der Waals surface area contributed by atoms with Crippen molar-refractivity contribution >= 4 is 28.1 Å². The third-order valence-corrected chi connectivity index (χ3v) is 3.62. The third-order valence-electron chi connectivity index (χ3n) is 2.42. The zero-order valence-corrected chi connectivity index (χ0v) is 12.9. The monoisotopic (exact) mass is 392 g/mol. The van der Waals surface area contributed by atoms with Crippen molar-refractivity contribution in [2.75, 3.05) is 18.5 Å². The van der Waals surface area contributed by atoms with E-state index < -0.39 is 22.9 Å². The van der Waals surface area contributed by atoms with Crippen molar-refractivity contribution in [3.05, 3.63) is 27.9 Å². The quantitative estimate of drug-likeness (QED) is 0.613. The number of ether oxygens (including phenoxy) is 1. The molecule has 0 spiro atoms. The zero-order valence-electron chi connectivity index (χ0n) is 11.4. The smallest absolute Gasteiger partial charge is 0.445 e. The number of alkyl halides is 6. The predicted octanol–water partition coefficient (Wildman–Crippen LogP) is 4.12. The van der Waals surface area contributed by atoms with Gasteiger partial charge in [0.15, 0.2) is 0 Å². The molecule has 0 fully saturated rings. The van der Waals surface area contributed by atoms with Crippen LogP contribution in [0, 0.1) is 0 Å². The van der Waals surface area contributed by atoms with E-state index in [4.69, 9.17) is 16.3 Å². The minimum atomic E-state index is -4.58. The molecular weight excluding hydrogens is 386 g/mol. The lowest BCUT2D eigenvalue weighted by molar-refractivity contribution is -0.138. The fourth-order valence-corrected chi connectivity index (χ4v) is 2.26. The Bertz CT molecular complexity index is 705. The highest BCUT2D eigenvalue weighted by molar-refractivity contribution is 7.15. The molecule has 0 aliphatic rings. The van der Waals surface area contributed by atoms with Gasteiger partial charge in [0.2, 0.25) is 16.0 Å². The van der Waals surface area contributed by atoms with Crippen LogP contribution >= 0.6 is 22.9 Å². The molecule has 2 aromatic heterocycles. The Labute approximate surface area is 139 Å². The maximum Gasteiger partial charge on any atom is 0.445 e. The number of nitrogens with zero attached hydrogens (tertiary/aromatic N) is 3. The highest BCUT2D eigenvalue weighted by Crippen LogP contribution is 2.34. The van der Waals surface area contributed by atoms with Gasteiger partial charge in [0, 0.05) is 6.20 Å². The van der Waals surface area contributed by atoms with Crippen molar-refractivity contribution in [2.45, 2.75) is 12.4 Å². The van der Waals surface area contributed by atoms with Gasteiger partial charge in [-0.2, -0.15) is 26.3 Å². The molecule has 0 aromatic carbocycles. The maximum absolute atomic E-state index is 12.4. The molecule has 2 rings (SSSR count). The van der Waals surface area contributed by atoms with E-state index in [-0.39, 0.29) is 29.2 Å². The van der Waals surface area contributed by atoms with Gasteiger partial charge in [-0.15, -0.1) is 10.2 Å². The summed E-state index contributed by atoms with van der Waals surface area (Å²) in [5.74, 6) is -0.222. The van der Waals surface area contributed by atoms with Gasteiger partial charge < -0.3 is 10.1 Å². The van der Waals surface area contributed by atoms with Crippen molar-refractivity contribution in [2.24, 2.45) is 0 Å². The molecule has 0 saturated heterocycles. The van der Waals surface area contributed by atoms with Gasteiger partial charge in [-0.25, -0.2) is 4.98 Å². The average Bonchev–Trinajstić information content (AvgIpc) is 2.92. The zero-order chi connectivity index (χ0) is 18.0. The van der Waals surface area contributed by atoms with Crippen molar-refractivity contribution < 1.29 is 31.1 Å². The maximum atomic E-state index is 12.4. The van der Waals surface area contributed by atoms with Crippen LogP contribution in [0.2, 0.25) is 5.02 Å². The number of anilines is 1. The van der Waals surface area contributed by atoms with Gasteiger partial charge in [-0.3, -0.25) is 0 Å². The Morgan fingerprint density at radius 1 is 1.12 bits per heavy atom. The first kappa shape index (κ1) is 18.5. The van der Waals surface area contributed by atoms with Crippen LogP contribution in [0.3, 0.4) is 0 Å². The van der Waals surface area contributed by atoms with Crippen LogP contribution in [-0.2, 0) is 12.4 Å². The van der Waals surface area contributed by atoms with Gasteiger partial charge in [-0.1, -0.05) is 22.9 Å². The van der Waals surface area contributed by atoms with Crippen molar-refractivity contribution in [3.8, 4) is 5.88 Å². The highest BCUT2D eigenvalue weighted by Gasteiger charge is 2.35. The molecule has 2 heterocycles.